The van der Waals surface area contributed by atoms with Gasteiger partial charge in [-0.2, -0.15) is 0 Å². The maximum atomic E-state index is 12.9. The Morgan fingerprint density at radius 3 is 3.05 bits per heavy atom. The number of hydrogen-bond donors (Lipinski definition) is 2. The summed E-state index contributed by atoms with van der Waals surface area (Å²) in [6.07, 6.45) is 1.96. The molecule has 0 radical (unpaired) electrons. The molecule has 1 aliphatic rings. The Hall–Kier alpha value is -0.840. The molecule has 3 nitrogen and oxygen atoms in total. The van der Waals surface area contributed by atoms with Crippen molar-refractivity contribution in [2.24, 2.45) is 5.92 Å². The minimum Gasteiger partial charge on any atom is -0.489 e. The number of hydrogen-bond acceptors (Lipinski definition) is 2. The number of likely N-dealkylation sites (tertiary alicyclic amines) is 1. The largest absolute Gasteiger partial charge is 0.489 e. The van der Waals surface area contributed by atoms with Gasteiger partial charge in [-0.1, -0.05) is 18.5 Å². The molecule has 0 bridgehead atoms. The smallest absolute Gasteiger partial charge is 0.138 e. The van der Waals surface area contributed by atoms with Gasteiger partial charge in [-0.15, -0.1) is 0 Å². The number of quaternary nitrogens is 1. The minimum atomic E-state index is -0.531. The van der Waals surface area contributed by atoms with Crippen LogP contribution in [0, 0.1) is 11.7 Å². The van der Waals surface area contributed by atoms with Crippen LogP contribution >= 0.6 is 11.6 Å². The first-order valence-electron chi connectivity index (χ1n) is 7.14. The highest BCUT2D eigenvalue weighted by Crippen LogP contribution is 2.24. The maximum Gasteiger partial charge on any atom is 0.138 e. The van der Waals surface area contributed by atoms with Crippen LogP contribution in [0.4, 0.5) is 4.39 Å². The van der Waals surface area contributed by atoms with Crippen molar-refractivity contribution in [2.45, 2.75) is 25.9 Å². The third-order valence-electron chi connectivity index (χ3n) is 3.71. The molecule has 2 N–H and O–H groups in total. The highest BCUT2D eigenvalue weighted by Gasteiger charge is 2.22. The number of aliphatic hydroxyl groups excluding tert-OH is 1. The summed E-state index contributed by atoms with van der Waals surface area (Å²) in [4.78, 5) is 1.42. The second kappa shape index (κ2) is 7.25. The summed E-state index contributed by atoms with van der Waals surface area (Å²) < 4.78 is 18.4. The summed E-state index contributed by atoms with van der Waals surface area (Å²) in [6, 6.07) is 3.99. The van der Waals surface area contributed by atoms with E-state index in [-0.39, 0.29) is 11.6 Å². The van der Waals surface area contributed by atoms with Crippen LogP contribution < -0.4 is 9.64 Å². The van der Waals surface area contributed by atoms with Gasteiger partial charge in [0.05, 0.1) is 18.1 Å². The monoisotopic (exact) mass is 302 g/mol. The number of piperidine rings is 1. The Morgan fingerprint density at radius 1 is 1.55 bits per heavy atom. The van der Waals surface area contributed by atoms with Gasteiger partial charge in [-0.3, -0.25) is 0 Å². The number of halogens is 2. The predicted molar refractivity (Wildman–Crippen MR) is 76.9 cm³/mol. The molecule has 1 saturated heterocycles. The summed E-state index contributed by atoms with van der Waals surface area (Å²) >= 11 is 5.87. The lowest BCUT2D eigenvalue weighted by atomic mass is 10.0. The Labute approximate surface area is 124 Å². The van der Waals surface area contributed by atoms with Crippen LogP contribution in [-0.4, -0.2) is 37.5 Å². The molecule has 1 unspecified atom stereocenters. The molecule has 0 aliphatic carbocycles. The maximum absolute atomic E-state index is 12.9. The first-order valence-corrected chi connectivity index (χ1v) is 7.52. The highest BCUT2D eigenvalue weighted by atomic mass is 35.5. The van der Waals surface area contributed by atoms with Gasteiger partial charge in [0.15, 0.2) is 0 Å². The van der Waals surface area contributed by atoms with E-state index in [2.05, 4.69) is 6.92 Å². The Morgan fingerprint density at radius 2 is 2.35 bits per heavy atom. The van der Waals surface area contributed by atoms with Crippen LogP contribution in [0.25, 0.3) is 0 Å². The van der Waals surface area contributed by atoms with Gasteiger partial charge in [0.1, 0.15) is 30.8 Å². The van der Waals surface area contributed by atoms with Crippen LogP contribution in [0.1, 0.15) is 19.8 Å². The zero-order valence-electron chi connectivity index (χ0n) is 11.7. The van der Waals surface area contributed by atoms with Crippen LogP contribution in [0.5, 0.6) is 5.75 Å². The van der Waals surface area contributed by atoms with Crippen molar-refractivity contribution in [1.29, 1.82) is 0 Å². The molecule has 0 aromatic heterocycles. The Kier molecular flexibility index (Phi) is 5.64. The molecule has 0 spiro atoms. The van der Waals surface area contributed by atoms with E-state index in [0.29, 0.717) is 12.3 Å². The first kappa shape index (κ1) is 15.5. The fourth-order valence-corrected chi connectivity index (χ4v) is 2.98. The molecule has 1 heterocycles. The molecule has 1 aromatic rings. The van der Waals surface area contributed by atoms with Gasteiger partial charge in [0.2, 0.25) is 0 Å². The van der Waals surface area contributed by atoms with E-state index in [1.165, 1.54) is 35.9 Å². The second-order valence-corrected chi connectivity index (χ2v) is 6.10. The zero-order chi connectivity index (χ0) is 14.5. The number of benzene rings is 1. The van der Waals surface area contributed by atoms with E-state index < -0.39 is 11.9 Å². The van der Waals surface area contributed by atoms with Crippen LogP contribution in [-0.2, 0) is 0 Å². The van der Waals surface area contributed by atoms with Gasteiger partial charge in [0.25, 0.3) is 0 Å². The first-order chi connectivity index (χ1) is 9.54. The fraction of sp³-hybridized carbons (Fsp3) is 0.600. The lowest BCUT2D eigenvalue weighted by Gasteiger charge is -2.29. The molecule has 1 aromatic carbocycles. The summed E-state index contributed by atoms with van der Waals surface area (Å²) in [7, 11) is 0. The Bertz CT molecular complexity index is 444. The van der Waals surface area contributed by atoms with Gasteiger partial charge in [0, 0.05) is 5.92 Å². The van der Waals surface area contributed by atoms with Crippen molar-refractivity contribution < 1.29 is 19.1 Å². The molecule has 3 atom stereocenters. The molecule has 1 aliphatic heterocycles. The van der Waals surface area contributed by atoms with E-state index in [0.717, 1.165) is 19.0 Å². The van der Waals surface area contributed by atoms with E-state index in [1.807, 2.05) is 0 Å². The molecular formula is C15H22ClFNO2+. The third kappa shape index (κ3) is 4.62. The zero-order valence-corrected chi connectivity index (χ0v) is 12.5. The standard InChI is InChI=1S/C15H21ClFNO2/c1-11-3-2-6-18(8-11)9-13(19)10-20-15-5-4-12(17)7-14(15)16/h4-5,7,11,13,19H,2-3,6,8-10H2,1H3/p+1/t11-,13-/m1/s1. The normalized spacial score (nSPS) is 24.4. The van der Waals surface area contributed by atoms with Crippen molar-refractivity contribution in [3.8, 4) is 5.75 Å². The molecule has 20 heavy (non-hydrogen) atoms. The van der Waals surface area contributed by atoms with Gasteiger partial charge in [-0.05, 0) is 31.0 Å². The minimum absolute atomic E-state index is 0.184. The topological polar surface area (TPSA) is 33.9 Å². The van der Waals surface area contributed by atoms with Gasteiger partial charge >= 0.3 is 0 Å². The molecular weight excluding hydrogens is 281 g/mol. The summed E-state index contributed by atoms with van der Waals surface area (Å²) in [5.74, 6) is 0.738. The van der Waals surface area contributed by atoms with Crippen molar-refractivity contribution >= 4 is 11.6 Å². The number of aliphatic hydroxyl groups is 1. The third-order valence-corrected chi connectivity index (χ3v) is 4.01. The molecule has 0 amide bonds. The van der Waals surface area contributed by atoms with Crippen LogP contribution in [0.15, 0.2) is 18.2 Å². The average Bonchev–Trinajstić information content (AvgIpc) is 2.37. The summed E-state index contributed by atoms with van der Waals surface area (Å²) in [5, 5.41) is 10.3. The lowest BCUT2D eigenvalue weighted by molar-refractivity contribution is -0.911. The van der Waals surface area contributed by atoms with Gasteiger partial charge in [-0.25, -0.2) is 4.39 Å². The number of rotatable bonds is 5. The van der Waals surface area contributed by atoms with E-state index in [9.17, 15) is 9.50 Å². The van der Waals surface area contributed by atoms with Crippen molar-refractivity contribution in [2.75, 3.05) is 26.2 Å². The summed E-state index contributed by atoms with van der Waals surface area (Å²) in [6.45, 7) is 5.33. The van der Waals surface area contributed by atoms with Crippen molar-refractivity contribution in [3.63, 3.8) is 0 Å². The van der Waals surface area contributed by atoms with Crippen molar-refractivity contribution in [3.05, 3.63) is 29.0 Å². The van der Waals surface area contributed by atoms with Crippen LogP contribution in [0.2, 0.25) is 5.02 Å². The lowest BCUT2D eigenvalue weighted by Crippen LogP contribution is -3.14. The van der Waals surface area contributed by atoms with E-state index in [1.54, 1.807) is 0 Å². The van der Waals surface area contributed by atoms with E-state index >= 15 is 0 Å². The molecule has 1 fully saturated rings. The summed E-state index contributed by atoms with van der Waals surface area (Å²) in [5.41, 5.74) is 0. The second-order valence-electron chi connectivity index (χ2n) is 5.70. The SMILES string of the molecule is C[C@@H]1CCC[NH+](C[C@@H](O)COc2ccc(F)cc2Cl)C1. The molecule has 112 valence electrons. The quantitative estimate of drug-likeness (QED) is 0.865. The molecule has 0 saturated carbocycles. The number of ether oxygens (including phenoxy) is 1. The fourth-order valence-electron chi connectivity index (χ4n) is 2.75. The number of nitrogens with one attached hydrogen (secondary N) is 1. The van der Waals surface area contributed by atoms with Crippen molar-refractivity contribution in [1.82, 2.24) is 0 Å². The van der Waals surface area contributed by atoms with E-state index in [4.69, 9.17) is 16.3 Å². The molecule has 5 heteroatoms. The molecule has 2 rings (SSSR count). The highest BCUT2D eigenvalue weighted by molar-refractivity contribution is 6.32. The predicted octanol–water partition coefficient (Wildman–Crippen LogP) is 1.53. The van der Waals surface area contributed by atoms with Gasteiger partial charge < -0.3 is 14.7 Å². The average molecular weight is 303 g/mol. The Balaban J connectivity index is 1.78. The van der Waals surface area contributed by atoms with Crippen LogP contribution in [0.3, 0.4) is 0 Å².